The van der Waals surface area contributed by atoms with Gasteiger partial charge in [-0.15, -0.1) is 0 Å². The molecule has 0 aliphatic carbocycles. The van der Waals surface area contributed by atoms with Gasteiger partial charge in [-0.1, -0.05) is 0 Å². The highest BCUT2D eigenvalue weighted by Gasteiger charge is 2.31. The summed E-state index contributed by atoms with van der Waals surface area (Å²) in [6, 6.07) is 7.30. The zero-order valence-electron chi connectivity index (χ0n) is 13.3. The van der Waals surface area contributed by atoms with Gasteiger partial charge in [-0.3, -0.25) is 4.79 Å². The fourth-order valence-corrected chi connectivity index (χ4v) is 3.30. The van der Waals surface area contributed by atoms with Crippen LogP contribution in [-0.4, -0.2) is 31.6 Å². The number of carbonyl (C=O) groups excluding carboxylic acids is 1. The Balaban J connectivity index is 1.93. The number of carbonyl (C=O) groups is 1. The molecule has 2 aromatic rings. The first-order valence-corrected chi connectivity index (χ1v) is 8.15. The number of halogens is 1. The van der Waals surface area contributed by atoms with Gasteiger partial charge in [0.15, 0.2) is 21.9 Å². The third-order valence-corrected chi connectivity index (χ3v) is 4.66. The van der Waals surface area contributed by atoms with Gasteiger partial charge in [0.2, 0.25) is 0 Å². The summed E-state index contributed by atoms with van der Waals surface area (Å²) in [4.78, 5) is 14.5. The Bertz CT molecular complexity index is 740. The average molecular weight is 380 g/mol. The first-order chi connectivity index (χ1) is 11.0. The zero-order chi connectivity index (χ0) is 16.6. The number of methoxy groups -OCH3 is 2. The molecule has 0 unspecified atom stereocenters. The smallest absolute Gasteiger partial charge is 0.290 e. The molecule has 5 nitrogen and oxygen atoms in total. The predicted octanol–water partition coefficient (Wildman–Crippen LogP) is 3.82. The van der Waals surface area contributed by atoms with E-state index in [2.05, 4.69) is 15.9 Å². The van der Waals surface area contributed by atoms with Crippen molar-refractivity contribution in [2.45, 2.75) is 19.4 Å². The summed E-state index contributed by atoms with van der Waals surface area (Å²) in [7, 11) is 3.24. The maximum Gasteiger partial charge on any atom is 0.290 e. The van der Waals surface area contributed by atoms with E-state index in [4.69, 9.17) is 13.9 Å². The topological polar surface area (TPSA) is 51.9 Å². The lowest BCUT2D eigenvalue weighted by atomic mass is 9.92. The lowest BCUT2D eigenvalue weighted by Gasteiger charge is -2.35. The molecule has 1 aromatic heterocycles. The van der Waals surface area contributed by atoms with Gasteiger partial charge < -0.3 is 18.8 Å². The summed E-state index contributed by atoms with van der Waals surface area (Å²) in [5.74, 6) is 1.62. The number of fused-ring (bicyclic) bond motifs is 1. The Morgan fingerprint density at radius 3 is 2.57 bits per heavy atom. The molecule has 0 radical (unpaired) electrons. The molecule has 1 atom stereocenters. The molecule has 122 valence electrons. The number of furan rings is 1. The molecule has 2 heterocycles. The van der Waals surface area contributed by atoms with Crippen LogP contribution in [0.25, 0.3) is 0 Å². The van der Waals surface area contributed by atoms with E-state index in [1.807, 2.05) is 24.0 Å². The van der Waals surface area contributed by atoms with Crippen LogP contribution < -0.4 is 9.47 Å². The quantitative estimate of drug-likeness (QED) is 0.813. The van der Waals surface area contributed by atoms with Crippen molar-refractivity contribution >= 4 is 21.8 Å². The first-order valence-electron chi connectivity index (χ1n) is 7.36. The number of benzene rings is 1. The van der Waals surface area contributed by atoms with Crippen LogP contribution in [0.15, 0.2) is 33.4 Å². The summed E-state index contributed by atoms with van der Waals surface area (Å²) in [5.41, 5.74) is 2.26. The van der Waals surface area contributed by atoms with Crippen molar-refractivity contribution in [3.8, 4) is 11.5 Å². The maximum atomic E-state index is 12.7. The summed E-state index contributed by atoms with van der Waals surface area (Å²) in [5, 5.41) is 0. The summed E-state index contributed by atoms with van der Waals surface area (Å²) in [6.07, 6.45) is 0.771. The second-order valence-corrected chi connectivity index (χ2v) is 6.22. The van der Waals surface area contributed by atoms with Crippen LogP contribution in [0.3, 0.4) is 0 Å². The van der Waals surface area contributed by atoms with Crippen molar-refractivity contribution in [1.82, 2.24) is 4.90 Å². The van der Waals surface area contributed by atoms with Gasteiger partial charge in [0, 0.05) is 6.54 Å². The van der Waals surface area contributed by atoms with Gasteiger partial charge in [-0.25, -0.2) is 0 Å². The minimum Gasteiger partial charge on any atom is -0.493 e. The van der Waals surface area contributed by atoms with Crippen LogP contribution in [0.4, 0.5) is 0 Å². The molecule has 3 rings (SSSR count). The zero-order valence-corrected chi connectivity index (χ0v) is 14.8. The molecular formula is C17H18BrNO4. The maximum absolute atomic E-state index is 12.7. The molecule has 0 N–H and O–H groups in total. The third kappa shape index (κ3) is 2.83. The molecule has 1 aliphatic rings. The molecule has 23 heavy (non-hydrogen) atoms. The molecule has 0 saturated heterocycles. The van der Waals surface area contributed by atoms with Crippen molar-refractivity contribution in [1.29, 1.82) is 0 Å². The SMILES string of the molecule is COc1cc2c(cc1OC)[C@@H](C)N(C(=O)c1ccc(Br)o1)CC2. The highest BCUT2D eigenvalue weighted by Crippen LogP contribution is 2.38. The normalized spacial score (nSPS) is 16.9. The van der Waals surface area contributed by atoms with Crippen molar-refractivity contribution in [2.24, 2.45) is 0 Å². The largest absolute Gasteiger partial charge is 0.493 e. The second kappa shape index (κ2) is 6.28. The number of rotatable bonds is 3. The van der Waals surface area contributed by atoms with E-state index >= 15 is 0 Å². The van der Waals surface area contributed by atoms with Crippen LogP contribution in [0.1, 0.15) is 34.6 Å². The van der Waals surface area contributed by atoms with E-state index in [0.717, 1.165) is 12.0 Å². The van der Waals surface area contributed by atoms with Crippen molar-refractivity contribution < 1.29 is 18.7 Å². The standard InChI is InChI=1S/C17H18BrNO4/c1-10-12-9-15(22-3)14(21-2)8-11(12)6-7-19(10)17(20)13-4-5-16(18)23-13/h4-5,8-10H,6-7H2,1-3H3/t10-/m1/s1. The fraction of sp³-hybridized carbons (Fsp3) is 0.353. The van der Waals surface area contributed by atoms with E-state index in [0.29, 0.717) is 28.5 Å². The van der Waals surface area contributed by atoms with Crippen molar-refractivity contribution in [2.75, 3.05) is 20.8 Å². The van der Waals surface area contributed by atoms with Crippen LogP contribution in [-0.2, 0) is 6.42 Å². The molecule has 0 bridgehead atoms. The number of ether oxygens (including phenoxy) is 2. The van der Waals surface area contributed by atoms with Crippen LogP contribution >= 0.6 is 15.9 Å². The number of hydrogen-bond acceptors (Lipinski definition) is 4. The second-order valence-electron chi connectivity index (χ2n) is 5.43. The summed E-state index contributed by atoms with van der Waals surface area (Å²) >= 11 is 3.23. The minimum absolute atomic E-state index is 0.0602. The minimum atomic E-state index is -0.108. The van der Waals surface area contributed by atoms with E-state index in [1.54, 1.807) is 26.4 Å². The molecule has 0 fully saturated rings. The Kier molecular flexibility index (Phi) is 4.35. The van der Waals surface area contributed by atoms with Gasteiger partial charge >= 0.3 is 0 Å². The lowest BCUT2D eigenvalue weighted by molar-refractivity contribution is 0.0643. The molecule has 1 aromatic carbocycles. The Morgan fingerprint density at radius 1 is 1.26 bits per heavy atom. The molecule has 6 heteroatoms. The highest BCUT2D eigenvalue weighted by atomic mass is 79.9. The Hall–Kier alpha value is -1.95. The number of hydrogen-bond donors (Lipinski definition) is 0. The van der Waals surface area contributed by atoms with Gasteiger partial charge in [0.1, 0.15) is 0 Å². The lowest BCUT2D eigenvalue weighted by Crippen LogP contribution is -2.38. The molecular weight excluding hydrogens is 362 g/mol. The van der Waals surface area contributed by atoms with E-state index < -0.39 is 0 Å². The summed E-state index contributed by atoms with van der Waals surface area (Å²) < 4.78 is 16.7. The van der Waals surface area contributed by atoms with Gasteiger partial charge in [-0.05, 0) is 64.7 Å². The molecule has 0 saturated carbocycles. The summed E-state index contributed by atoms with van der Waals surface area (Å²) in [6.45, 7) is 2.65. The van der Waals surface area contributed by atoms with E-state index in [9.17, 15) is 4.79 Å². The molecule has 0 spiro atoms. The van der Waals surface area contributed by atoms with Crippen LogP contribution in [0.2, 0.25) is 0 Å². The molecule has 1 aliphatic heterocycles. The monoisotopic (exact) mass is 379 g/mol. The number of nitrogens with zero attached hydrogens (tertiary/aromatic N) is 1. The van der Waals surface area contributed by atoms with E-state index in [-0.39, 0.29) is 11.9 Å². The third-order valence-electron chi connectivity index (χ3n) is 4.23. The highest BCUT2D eigenvalue weighted by molar-refractivity contribution is 9.10. The average Bonchev–Trinajstić information content (AvgIpc) is 3.00. The van der Waals surface area contributed by atoms with E-state index in [1.165, 1.54) is 5.56 Å². The van der Waals surface area contributed by atoms with Crippen molar-refractivity contribution in [3.05, 3.63) is 45.8 Å². The fourth-order valence-electron chi connectivity index (χ4n) is 2.99. The van der Waals surface area contributed by atoms with Crippen molar-refractivity contribution in [3.63, 3.8) is 0 Å². The van der Waals surface area contributed by atoms with Crippen LogP contribution in [0, 0.1) is 0 Å². The Labute approximate surface area is 143 Å². The predicted molar refractivity (Wildman–Crippen MR) is 89.1 cm³/mol. The molecule has 1 amide bonds. The van der Waals surface area contributed by atoms with Gasteiger partial charge in [0.25, 0.3) is 5.91 Å². The number of amides is 1. The Morgan fingerprint density at radius 2 is 1.96 bits per heavy atom. The van der Waals surface area contributed by atoms with Gasteiger partial charge in [0.05, 0.1) is 20.3 Å². The van der Waals surface area contributed by atoms with Gasteiger partial charge in [-0.2, -0.15) is 0 Å². The van der Waals surface area contributed by atoms with Crippen LogP contribution in [0.5, 0.6) is 11.5 Å². The first kappa shape index (κ1) is 15.9.